The summed E-state index contributed by atoms with van der Waals surface area (Å²) >= 11 is 1.86. The Labute approximate surface area is 117 Å². The number of fused-ring (bicyclic) bond motifs is 1. The van der Waals surface area contributed by atoms with Gasteiger partial charge in [-0.1, -0.05) is 42.5 Å². The summed E-state index contributed by atoms with van der Waals surface area (Å²) in [4.78, 5) is 12.3. The van der Waals surface area contributed by atoms with Crippen LogP contribution in [0.1, 0.15) is 5.56 Å². The Morgan fingerprint density at radius 3 is 2.89 bits per heavy atom. The molecule has 98 valence electrons. The lowest BCUT2D eigenvalue weighted by Crippen LogP contribution is -2.44. The van der Waals surface area contributed by atoms with Gasteiger partial charge in [0.2, 0.25) is 0 Å². The zero-order valence-corrected chi connectivity index (χ0v) is 11.6. The SMILES string of the molecule is O=C(Cc1cccc2ccccc12)C1CSCCN1. The molecule has 0 saturated carbocycles. The van der Waals surface area contributed by atoms with Crippen molar-refractivity contribution in [1.82, 2.24) is 5.32 Å². The third-order valence-electron chi connectivity index (χ3n) is 3.55. The fourth-order valence-corrected chi connectivity index (χ4v) is 3.50. The van der Waals surface area contributed by atoms with E-state index in [1.54, 1.807) is 0 Å². The number of ketones is 1. The fraction of sp³-hybridized carbons (Fsp3) is 0.312. The monoisotopic (exact) mass is 271 g/mol. The molecule has 0 amide bonds. The summed E-state index contributed by atoms with van der Waals surface area (Å²) in [6.45, 7) is 0.941. The average molecular weight is 271 g/mol. The highest BCUT2D eigenvalue weighted by Crippen LogP contribution is 2.20. The van der Waals surface area contributed by atoms with Crippen LogP contribution in [0.15, 0.2) is 42.5 Å². The number of Topliss-reactive ketones (excluding diaryl/α,β-unsaturated/α-hetero) is 1. The normalized spacial score (nSPS) is 19.5. The van der Waals surface area contributed by atoms with Crippen molar-refractivity contribution in [2.75, 3.05) is 18.1 Å². The van der Waals surface area contributed by atoms with Crippen molar-refractivity contribution in [2.45, 2.75) is 12.5 Å². The number of thioether (sulfide) groups is 1. The van der Waals surface area contributed by atoms with Crippen molar-refractivity contribution in [3.63, 3.8) is 0 Å². The Balaban J connectivity index is 1.82. The van der Waals surface area contributed by atoms with Gasteiger partial charge in [-0.15, -0.1) is 0 Å². The number of carbonyl (C=O) groups excluding carboxylic acids is 1. The molecule has 2 aromatic carbocycles. The predicted octanol–water partition coefficient (Wildman–Crippen LogP) is 2.66. The van der Waals surface area contributed by atoms with E-state index in [9.17, 15) is 4.79 Å². The average Bonchev–Trinajstić information content (AvgIpc) is 2.48. The first kappa shape index (κ1) is 12.7. The third kappa shape index (κ3) is 2.82. The molecule has 2 aromatic rings. The zero-order valence-electron chi connectivity index (χ0n) is 10.8. The minimum atomic E-state index is 0.0257. The highest BCUT2D eigenvalue weighted by atomic mass is 32.2. The van der Waals surface area contributed by atoms with E-state index in [1.165, 1.54) is 10.8 Å². The largest absolute Gasteiger partial charge is 0.306 e. The van der Waals surface area contributed by atoms with E-state index in [4.69, 9.17) is 0 Å². The summed E-state index contributed by atoms with van der Waals surface area (Å²) in [7, 11) is 0. The molecule has 1 aliphatic heterocycles. The van der Waals surface area contributed by atoms with Gasteiger partial charge >= 0.3 is 0 Å². The molecule has 0 spiro atoms. The molecule has 0 bridgehead atoms. The molecule has 1 atom stereocenters. The van der Waals surface area contributed by atoms with Crippen LogP contribution in [-0.4, -0.2) is 29.9 Å². The summed E-state index contributed by atoms with van der Waals surface area (Å²) in [6, 6.07) is 14.5. The topological polar surface area (TPSA) is 29.1 Å². The van der Waals surface area contributed by atoms with Crippen LogP contribution >= 0.6 is 11.8 Å². The molecular weight excluding hydrogens is 254 g/mol. The van der Waals surface area contributed by atoms with Crippen molar-refractivity contribution in [1.29, 1.82) is 0 Å². The van der Waals surface area contributed by atoms with Gasteiger partial charge in [-0.25, -0.2) is 0 Å². The summed E-state index contributed by atoms with van der Waals surface area (Å²) in [5, 5.41) is 5.72. The van der Waals surface area contributed by atoms with Crippen molar-refractivity contribution >= 4 is 28.3 Å². The summed E-state index contributed by atoms with van der Waals surface area (Å²) in [6.07, 6.45) is 0.527. The van der Waals surface area contributed by atoms with Crippen molar-refractivity contribution in [3.8, 4) is 0 Å². The molecular formula is C16H17NOS. The van der Waals surface area contributed by atoms with E-state index in [-0.39, 0.29) is 6.04 Å². The quantitative estimate of drug-likeness (QED) is 0.930. The third-order valence-corrected chi connectivity index (χ3v) is 4.62. The number of nitrogens with one attached hydrogen (secondary N) is 1. The van der Waals surface area contributed by atoms with E-state index < -0.39 is 0 Å². The van der Waals surface area contributed by atoms with E-state index in [1.807, 2.05) is 30.0 Å². The Kier molecular flexibility index (Phi) is 3.85. The van der Waals surface area contributed by atoms with E-state index in [0.717, 1.165) is 23.6 Å². The Bertz CT molecular complexity index is 585. The number of benzene rings is 2. The summed E-state index contributed by atoms with van der Waals surface area (Å²) in [5.41, 5.74) is 1.14. The first-order valence-corrected chi connectivity index (χ1v) is 7.80. The van der Waals surface area contributed by atoms with Crippen molar-refractivity contribution in [2.24, 2.45) is 0 Å². The van der Waals surface area contributed by atoms with Gasteiger partial charge in [0.25, 0.3) is 0 Å². The van der Waals surface area contributed by atoms with Gasteiger partial charge in [0, 0.05) is 24.5 Å². The molecule has 1 unspecified atom stereocenters. The van der Waals surface area contributed by atoms with E-state index >= 15 is 0 Å². The lowest BCUT2D eigenvalue weighted by atomic mass is 9.98. The number of carbonyl (C=O) groups is 1. The van der Waals surface area contributed by atoms with Gasteiger partial charge in [0.1, 0.15) is 0 Å². The number of hydrogen-bond donors (Lipinski definition) is 1. The van der Waals surface area contributed by atoms with Crippen LogP contribution in [0.2, 0.25) is 0 Å². The van der Waals surface area contributed by atoms with E-state index in [0.29, 0.717) is 12.2 Å². The molecule has 19 heavy (non-hydrogen) atoms. The molecule has 2 nitrogen and oxygen atoms in total. The maximum atomic E-state index is 12.3. The van der Waals surface area contributed by atoms with E-state index in [2.05, 4.69) is 29.6 Å². The summed E-state index contributed by atoms with van der Waals surface area (Å²) in [5.74, 6) is 2.32. The predicted molar refractivity (Wildman–Crippen MR) is 81.8 cm³/mol. The van der Waals surface area contributed by atoms with Gasteiger partial charge in [-0.2, -0.15) is 11.8 Å². The minimum Gasteiger partial charge on any atom is -0.306 e. The Morgan fingerprint density at radius 1 is 1.21 bits per heavy atom. The molecule has 3 rings (SSSR count). The number of rotatable bonds is 3. The van der Waals surface area contributed by atoms with Crippen LogP contribution in [0, 0.1) is 0 Å². The second-order valence-electron chi connectivity index (χ2n) is 4.86. The van der Waals surface area contributed by atoms with Gasteiger partial charge in [0.15, 0.2) is 5.78 Å². The molecule has 1 saturated heterocycles. The van der Waals surface area contributed by atoms with Gasteiger partial charge in [0.05, 0.1) is 6.04 Å². The van der Waals surface area contributed by atoms with Crippen LogP contribution in [0.25, 0.3) is 10.8 Å². The van der Waals surface area contributed by atoms with Gasteiger partial charge in [-0.05, 0) is 16.3 Å². The standard InChI is InChI=1S/C16H17NOS/c18-16(15-11-19-9-8-17-15)10-13-6-3-5-12-4-1-2-7-14(12)13/h1-7,15,17H,8-11H2. The number of hydrogen-bond acceptors (Lipinski definition) is 3. The molecule has 1 heterocycles. The van der Waals surface area contributed by atoms with Gasteiger partial charge < -0.3 is 5.32 Å². The second-order valence-corrected chi connectivity index (χ2v) is 6.01. The van der Waals surface area contributed by atoms with Crippen LogP contribution in [0.3, 0.4) is 0 Å². The molecule has 0 radical (unpaired) electrons. The van der Waals surface area contributed by atoms with Crippen molar-refractivity contribution in [3.05, 3.63) is 48.0 Å². The lowest BCUT2D eigenvalue weighted by molar-refractivity contribution is -0.119. The maximum absolute atomic E-state index is 12.3. The molecule has 3 heteroatoms. The van der Waals surface area contributed by atoms with Gasteiger partial charge in [-0.3, -0.25) is 4.79 Å². The first-order chi connectivity index (χ1) is 9.34. The fourth-order valence-electron chi connectivity index (χ4n) is 2.53. The second kappa shape index (κ2) is 5.76. The molecule has 1 fully saturated rings. The minimum absolute atomic E-state index is 0.0257. The maximum Gasteiger partial charge on any atom is 0.154 e. The first-order valence-electron chi connectivity index (χ1n) is 6.65. The molecule has 0 aliphatic carbocycles. The molecule has 1 aliphatic rings. The summed E-state index contributed by atoms with van der Waals surface area (Å²) < 4.78 is 0. The zero-order chi connectivity index (χ0) is 13.1. The smallest absolute Gasteiger partial charge is 0.154 e. The van der Waals surface area contributed by atoms with Crippen LogP contribution in [-0.2, 0) is 11.2 Å². The molecule has 0 aromatic heterocycles. The van der Waals surface area contributed by atoms with Crippen LogP contribution in [0.5, 0.6) is 0 Å². The highest BCUT2D eigenvalue weighted by molar-refractivity contribution is 7.99. The Morgan fingerprint density at radius 2 is 2.05 bits per heavy atom. The van der Waals surface area contributed by atoms with Crippen LogP contribution in [0.4, 0.5) is 0 Å². The highest BCUT2D eigenvalue weighted by Gasteiger charge is 2.21. The van der Waals surface area contributed by atoms with Crippen LogP contribution < -0.4 is 5.32 Å². The van der Waals surface area contributed by atoms with Crippen molar-refractivity contribution < 1.29 is 4.79 Å². The Hall–Kier alpha value is -1.32. The lowest BCUT2D eigenvalue weighted by Gasteiger charge is -2.22. The molecule has 1 N–H and O–H groups in total.